The molecule has 0 saturated carbocycles. The van der Waals surface area contributed by atoms with Crippen LogP contribution in [0.1, 0.15) is 36.2 Å². The van der Waals surface area contributed by atoms with Gasteiger partial charge in [0.15, 0.2) is 5.82 Å². The number of anilines is 1. The number of carbonyl (C=O) groups excluding carboxylic acids is 1. The number of piperidine rings is 2. The van der Waals surface area contributed by atoms with Crippen LogP contribution in [-0.2, 0) is 0 Å². The van der Waals surface area contributed by atoms with Gasteiger partial charge in [0.05, 0.1) is 11.8 Å². The number of hydrogen-bond donors (Lipinski definition) is 3. The molecule has 5 rings (SSSR count). The van der Waals surface area contributed by atoms with E-state index in [1.54, 1.807) is 40.1 Å². The maximum Gasteiger partial charge on any atom is 0.407 e. The summed E-state index contributed by atoms with van der Waals surface area (Å²) in [5, 5.41) is 22.4. The monoisotopic (exact) mass is 556 g/mol. The smallest absolute Gasteiger partial charge is 0.407 e. The predicted octanol–water partition coefficient (Wildman–Crippen LogP) is 3.07. The van der Waals surface area contributed by atoms with E-state index in [9.17, 15) is 14.7 Å². The van der Waals surface area contributed by atoms with E-state index in [2.05, 4.69) is 20.7 Å². The van der Waals surface area contributed by atoms with Gasteiger partial charge in [0, 0.05) is 49.9 Å². The topological polar surface area (TPSA) is 128 Å². The SMILES string of the molecule is CN(C(=O)O)C1CCN(C(=O)c2cc(NC3CCNCC3)nc(-c3cnn4ccsc34)n2)CC1.Cl.Cl. The van der Waals surface area contributed by atoms with Crippen molar-refractivity contribution in [2.75, 3.05) is 38.5 Å². The fourth-order valence-electron chi connectivity index (χ4n) is 4.58. The van der Waals surface area contributed by atoms with Gasteiger partial charge in [-0.1, -0.05) is 0 Å². The Hall–Kier alpha value is -2.67. The summed E-state index contributed by atoms with van der Waals surface area (Å²) in [6.07, 6.45) is 5.84. The number of carbonyl (C=O) groups is 2. The van der Waals surface area contributed by atoms with Crippen LogP contribution in [-0.4, -0.2) is 91.8 Å². The van der Waals surface area contributed by atoms with Crippen LogP contribution in [0, 0.1) is 0 Å². The number of nitrogens with zero attached hydrogens (tertiary/aromatic N) is 6. The minimum absolute atomic E-state index is 0. The van der Waals surface area contributed by atoms with Crippen molar-refractivity contribution in [3.63, 3.8) is 0 Å². The molecule has 0 spiro atoms. The van der Waals surface area contributed by atoms with E-state index < -0.39 is 6.09 Å². The Morgan fingerprint density at radius 3 is 2.58 bits per heavy atom. The van der Waals surface area contributed by atoms with E-state index in [1.165, 1.54) is 4.90 Å². The van der Waals surface area contributed by atoms with Crippen molar-refractivity contribution in [1.29, 1.82) is 0 Å². The highest BCUT2D eigenvalue weighted by Gasteiger charge is 2.29. The van der Waals surface area contributed by atoms with Crippen molar-refractivity contribution in [3.8, 4) is 11.4 Å². The number of fused-ring (bicyclic) bond motifs is 1. The Morgan fingerprint density at radius 2 is 1.89 bits per heavy atom. The first-order valence-electron chi connectivity index (χ1n) is 11.5. The van der Waals surface area contributed by atoms with Crippen molar-refractivity contribution in [2.24, 2.45) is 0 Å². The van der Waals surface area contributed by atoms with Crippen molar-refractivity contribution in [1.82, 2.24) is 34.7 Å². The van der Waals surface area contributed by atoms with Crippen molar-refractivity contribution in [3.05, 3.63) is 29.5 Å². The van der Waals surface area contributed by atoms with E-state index >= 15 is 0 Å². The average Bonchev–Trinajstić information content (AvgIpc) is 3.48. The van der Waals surface area contributed by atoms with E-state index in [1.807, 2.05) is 11.6 Å². The van der Waals surface area contributed by atoms with Gasteiger partial charge in [-0.3, -0.25) is 4.79 Å². The molecule has 3 aromatic rings. The lowest BCUT2D eigenvalue weighted by Gasteiger charge is -2.35. The Bertz CT molecular complexity index is 1190. The number of thiazole rings is 1. The number of halogens is 2. The molecular formula is C22H30Cl2N8O3S. The maximum absolute atomic E-state index is 13.4. The number of amides is 2. The molecule has 0 aromatic carbocycles. The van der Waals surface area contributed by atoms with Gasteiger partial charge in [-0.25, -0.2) is 19.3 Å². The molecule has 11 nitrogen and oxygen atoms in total. The second kappa shape index (κ2) is 12.0. The maximum atomic E-state index is 13.4. The fraction of sp³-hybridized carbons (Fsp3) is 0.500. The summed E-state index contributed by atoms with van der Waals surface area (Å²) in [6.45, 7) is 2.86. The first kappa shape index (κ1) is 27.9. The molecular weight excluding hydrogens is 527 g/mol. The molecule has 2 fully saturated rings. The average molecular weight is 558 g/mol. The zero-order valence-corrected chi connectivity index (χ0v) is 22.2. The third kappa shape index (κ3) is 5.83. The van der Waals surface area contributed by atoms with Crippen LogP contribution in [0.2, 0.25) is 0 Å². The summed E-state index contributed by atoms with van der Waals surface area (Å²) >= 11 is 1.55. The van der Waals surface area contributed by atoms with E-state index in [0.29, 0.717) is 43.3 Å². The van der Waals surface area contributed by atoms with Crippen LogP contribution in [0.25, 0.3) is 16.2 Å². The van der Waals surface area contributed by atoms with Gasteiger partial charge in [0.2, 0.25) is 0 Å². The van der Waals surface area contributed by atoms with E-state index in [-0.39, 0.29) is 42.8 Å². The fourth-order valence-corrected chi connectivity index (χ4v) is 5.37. The van der Waals surface area contributed by atoms with Crippen molar-refractivity contribution in [2.45, 2.75) is 37.8 Å². The Morgan fingerprint density at radius 1 is 1.17 bits per heavy atom. The lowest BCUT2D eigenvalue weighted by atomic mass is 10.0. The van der Waals surface area contributed by atoms with Crippen LogP contribution in [0.3, 0.4) is 0 Å². The number of aromatic nitrogens is 4. The third-order valence-corrected chi connectivity index (χ3v) is 7.50. The molecule has 2 amide bonds. The lowest BCUT2D eigenvalue weighted by molar-refractivity contribution is 0.0638. The molecule has 3 aromatic heterocycles. The highest BCUT2D eigenvalue weighted by atomic mass is 35.5. The van der Waals surface area contributed by atoms with Gasteiger partial charge in [-0.15, -0.1) is 36.2 Å². The van der Waals surface area contributed by atoms with Crippen LogP contribution >= 0.6 is 36.2 Å². The third-order valence-electron chi connectivity index (χ3n) is 6.61. The summed E-state index contributed by atoms with van der Waals surface area (Å²) in [4.78, 5) is 38.1. The normalized spacial score (nSPS) is 16.8. The van der Waals surface area contributed by atoms with Gasteiger partial charge in [-0.2, -0.15) is 5.10 Å². The molecule has 36 heavy (non-hydrogen) atoms. The van der Waals surface area contributed by atoms with Gasteiger partial charge < -0.3 is 25.5 Å². The second-order valence-corrected chi connectivity index (χ2v) is 9.65. The molecule has 14 heteroatoms. The summed E-state index contributed by atoms with van der Waals surface area (Å²) in [7, 11) is 1.58. The van der Waals surface area contributed by atoms with Crippen LogP contribution in [0.5, 0.6) is 0 Å². The minimum atomic E-state index is -0.945. The van der Waals surface area contributed by atoms with Gasteiger partial charge in [0.25, 0.3) is 5.91 Å². The molecule has 0 unspecified atom stereocenters. The lowest BCUT2D eigenvalue weighted by Crippen LogP contribution is -2.47. The summed E-state index contributed by atoms with van der Waals surface area (Å²) < 4.78 is 1.78. The minimum Gasteiger partial charge on any atom is -0.465 e. The second-order valence-electron chi connectivity index (χ2n) is 8.76. The zero-order valence-electron chi connectivity index (χ0n) is 19.8. The molecule has 5 heterocycles. The van der Waals surface area contributed by atoms with E-state index in [4.69, 9.17) is 4.98 Å². The first-order chi connectivity index (χ1) is 16.5. The first-order valence-corrected chi connectivity index (χ1v) is 12.4. The molecule has 0 radical (unpaired) electrons. The molecule has 0 bridgehead atoms. The summed E-state index contributed by atoms with van der Waals surface area (Å²) in [6, 6.07) is 1.93. The highest BCUT2D eigenvalue weighted by molar-refractivity contribution is 7.16. The molecule has 196 valence electrons. The molecule has 0 atom stereocenters. The molecule has 3 N–H and O–H groups in total. The van der Waals surface area contributed by atoms with Crippen LogP contribution in [0.15, 0.2) is 23.8 Å². The van der Waals surface area contributed by atoms with Gasteiger partial charge in [0.1, 0.15) is 16.3 Å². The van der Waals surface area contributed by atoms with Crippen molar-refractivity contribution < 1.29 is 14.7 Å². The quantitative estimate of drug-likeness (QED) is 0.437. The summed E-state index contributed by atoms with van der Waals surface area (Å²) in [5.74, 6) is 0.944. The largest absolute Gasteiger partial charge is 0.465 e. The molecule has 2 saturated heterocycles. The number of hydrogen-bond acceptors (Lipinski definition) is 8. The van der Waals surface area contributed by atoms with Crippen LogP contribution < -0.4 is 10.6 Å². The van der Waals surface area contributed by atoms with Crippen molar-refractivity contribution >= 4 is 58.8 Å². The number of carboxylic acid groups (broad SMARTS) is 1. The Labute approximate surface area is 225 Å². The highest BCUT2D eigenvalue weighted by Crippen LogP contribution is 2.27. The predicted molar refractivity (Wildman–Crippen MR) is 143 cm³/mol. The zero-order chi connectivity index (χ0) is 23.7. The molecule has 2 aliphatic heterocycles. The van der Waals surface area contributed by atoms with Crippen LogP contribution in [0.4, 0.5) is 10.6 Å². The Kier molecular flexibility index (Phi) is 9.34. The molecule has 0 aliphatic carbocycles. The standard InChI is InChI=1S/C22H28N8O3S.2ClH/c1-28(22(32)33)15-4-8-29(9-5-15)20(31)17-12-18(25-14-2-6-23-7-3-14)27-19(26-17)16-13-24-30-10-11-34-21(16)30;;/h10-15,23H,2-9H2,1H3,(H,32,33)(H,25,26,27);2*1H. The number of nitrogens with one attached hydrogen (secondary N) is 2. The Balaban J connectivity index is 0.00000180. The summed E-state index contributed by atoms with van der Waals surface area (Å²) in [5.41, 5.74) is 1.13. The molecule has 2 aliphatic rings. The van der Waals surface area contributed by atoms with E-state index in [0.717, 1.165) is 36.3 Å². The van der Waals surface area contributed by atoms with Gasteiger partial charge >= 0.3 is 6.09 Å². The van der Waals surface area contributed by atoms with Gasteiger partial charge in [-0.05, 0) is 38.8 Å². The number of rotatable bonds is 5. The number of likely N-dealkylation sites (tertiary alicyclic amines) is 1.